The second-order valence-electron chi connectivity index (χ2n) is 2.72. The van der Waals surface area contributed by atoms with Crippen LogP contribution in [0.15, 0.2) is 17.0 Å². The molecule has 0 aliphatic carbocycles. The van der Waals surface area contributed by atoms with Crippen LogP contribution in [-0.4, -0.2) is 15.5 Å². The van der Waals surface area contributed by atoms with Crippen LogP contribution in [0, 0.1) is 6.92 Å². The number of hydrogen-bond acceptors (Lipinski definition) is 3. The second kappa shape index (κ2) is 3.96. The average Bonchev–Trinajstić information content (AvgIpc) is 2.01. The third-order valence-electron chi connectivity index (χ3n) is 1.62. The smallest absolute Gasteiger partial charge is 0.265 e. The Labute approximate surface area is 92.0 Å². The molecule has 0 aliphatic rings. The second-order valence-corrected chi connectivity index (χ2v) is 5.66. The minimum absolute atomic E-state index is 0.0762. The van der Waals surface area contributed by atoms with Gasteiger partial charge in [0.1, 0.15) is 4.90 Å². The lowest BCUT2D eigenvalue weighted by Gasteiger charge is -2.08. The zero-order chi connectivity index (χ0) is 10.9. The van der Waals surface area contributed by atoms with Gasteiger partial charge in [-0.25, -0.2) is 8.42 Å². The molecule has 1 aromatic rings. The summed E-state index contributed by atoms with van der Waals surface area (Å²) in [6.45, 7) is 1.72. The van der Waals surface area contributed by atoms with E-state index in [2.05, 4.69) is 0 Å². The number of aryl methyl sites for hydroxylation is 1. The molecule has 0 N–H and O–H groups in total. The van der Waals surface area contributed by atoms with Gasteiger partial charge in [-0.3, -0.25) is 0 Å². The van der Waals surface area contributed by atoms with Crippen molar-refractivity contribution in [3.8, 4) is 5.75 Å². The fourth-order valence-electron chi connectivity index (χ4n) is 1.08. The molecule has 0 bridgehead atoms. The molecule has 78 valence electrons. The maximum atomic E-state index is 11.1. The van der Waals surface area contributed by atoms with E-state index in [0.717, 1.165) is 0 Å². The quantitative estimate of drug-likeness (QED) is 0.763. The lowest BCUT2D eigenvalue weighted by atomic mass is 10.2. The maximum absolute atomic E-state index is 11.1. The highest BCUT2D eigenvalue weighted by molar-refractivity contribution is 8.13. The molecule has 0 saturated carbocycles. The lowest BCUT2D eigenvalue weighted by Crippen LogP contribution is -1.97. The molecule has 1 aromatic carbocycles. The van der Waals surface area contributed by atoms with Crippen LogP contribution in [0.25, 0.3) is 0 Å². The first-order chi connectivity index (χ1) is 6.36. The SMILES string of the molecule is COc1c(Cl)cc(C)cc1S(=O)(=O)Cl. The van der Waals surface area contributed by atoms with Gasteiger partial charge in [0.15, 0.2) is 5.75 Å². The van der Waals surface area contributed by atoms with Gasteiger partial charge < -0.3 is 4.74 Å². The molecule has 3 nitrogen and oxygen atoms in total. The molecule has 0 aromatic heterocycles. The zero-order valence-corrected chi connectivity index (χ0v) is 9.87. The van der Waals surface area contributed by atoms with E-state index in [0.29, 0.717) is 5.56 Å². The van der Waals surface area contributed by atoms with Gasteiger partial charge in [0, 0.05) is 10.7 Å². The van der Waals surface area contributed by atoms with Gasteiger partial charge in [-0.1, -0.05) is 11.6 Å². The highest BCUT2D eigenvalue weighted by Crippen LogP contribution is 2.34. The number of rotatable bonds is 2. The van der Waals surface area contributed by atoms with E-state index in [1.54, 1.807) is 13.0 Å². The molecule has 0 radical (unpaired) electrons. The normalized spacial score (nSPS) is 11.4. The summed E-state index contributed by atoms with van der Waals surface area (Å²) in [5.41, 5.74) is 0.704. The van der Waals surface area contributed by atoms with Gasteiger partial charge in [-0.2, -0.15) is 0 Å². The van der Waals surface area contributed by atoms with Crippen LogP contribution in [0.2, 0.25) is 5.02 Å². The van der Waals surface area contributed by atoms with E-state index in [4.69, 9.17) is 27.0 Å². The summed E-state index contributed by atoms with van der Waals surface area (Å²) in [7, 11) is 2.73. The third-order valence-corrected chi connectivity index (χ3v) is 3.23. The average molecular weight is 255 g/mol. The van der Waals surface area contributed by atoms with E-state index >= 15 is 0 Å². The fourth-order valence-corrected chi connectivity index (χ4v) is 2.57. The Morgan fingerprint density at radius 1 is 1.36 bits per heavy atom. The molecule has 1 rings (SSSR count). The first-order valence-corrected chi connectivity index (χ1v) is 6.34. The summed E-state index contributed by atoms with van der Waals surface area (Å²) in [4.78, 5) is -0.105. The van der Waals surface area contributed by atoms with Gasteiger partial charge in [0.25, 0.3) is 9.05 Å². The molecule has 0 heterocycles. The van der Waals surface area contributed by atoms with Crippen LogP contribution in [-0.2, 0) is 9.05 Å². The molecular formula is C8H8Cl2O3S. The van der Waals surface area contributed by atoms with Crippen LogP contribution in [0.5, 0.6) is 5.75 Å². The predicted molar refractivity (Wildman–Crippen MR) is 55.8 cm³/mol. The number of benzene rings is 1. The van der Waals surface area contributed by atoms with Gasteiger partial charge in [-0.15, -0.1) is 0 Å². The summed E-state index contributed by atoms with van der Waals surface area (Å²) in [5.74, 6) is 0.0762. The minimum Gasteiger partial charge on any atom is -0.494 e. The lowest BCUT2D eigenvalue weighted by molar-refractivity contribution is 0.403. The molecule has 0 unspecified atom stereocenters. The van der Waals surface area contributed by atoms with Crippen LogP contribution >= 0.6 is 22.3 Å². The van der Waals surface area contributed by atoms with Crippen molar-refractivity contribution in [3.05, 3.63) is 22.7 Å². The van der Waals surface area contributed by atoms with E-state index in [-0.39, 0.29) is 15.7 Å². The largest absolute Gasteiger partial charge is 0.494 e. The number of halogens is 2. The van der Waals surface area contributed by atoms with Gasteiger partial charge in [0.05, 0.1) is 12.1 Å². The third kappa shape index (κ3) is 2.32. The summed E-state index contributed by atoms with van der Waals surface area (Å²) in [6, 6.07) is 3.01. The van der Waals surface area contributed by atoms with E-state index in [9.17, 15) is 8.42 Å². The van der Waals surface area contributed by atoms with E-state index in [1.807, 2.05) is 0 Å². The zero-order valence-electron chi connectivity index (χ0n) is 7.54. The number of ether oxygens (including phenoxy) is 1. The van der Waals surface area contributed by atoms with E-state index < -0.39 is 9.05 Å². The molecule has 0 saturated heterocycles. The Balaban J connectivity index is 3.56. The van der Waals surface area contributed by atoms with Crippen molar-refractivity contribution in [2.45, 2.75) is 11.8 Å². The Morgan fingerprint density at radius 2 is 1.93 bits per heavy atom. The monoisotopic (exact) mass is 254 g/mol. The summed E-state index contributed by atoms with van der Waals surface area (Å²) >= 11 is 5.79. The van der Waals surface area contributed by atoms with Crippen LogP contribution < -0.4 is 4.74 Å². The van der Waals surface area contributed by atoms with Gasteiger partial charge >= 0.3 is 0 Å². The highest BCUT2D eigenvalue weighted by Gasteiger charge is 2.19. The Kier molecular flexibility index (Phi) is 3.29. The van der Waals surface area contributed by atoms with Crippen LogP contribution in [0.4, 0.5) is 0 Å². The van der Waals surface area contributed by atoms with Crippen molar-refractivity contribution in [2.75, 3.05) is 7.11 Å². The molecular weight excluding hydrogens is 247 g/mol. The van der Waals surface area contributed by atoms with Crippen LogP contribution in [0.1, 0.15) is 5.56 Å². The molecule has 0 spiro atoms. The minimum atomic E-state index is -3.83. The summed E-state index contributed by atoms with van der Waals surface area (Å²) in [6.07, 6.45) is 0. The van der Waals surface area contributed by atoms with Crippen molar-refractivity contribution in [1.82, 2.24) is 0 Å². The van der Waals surface area contributed by atoms with Crippen LogP contribution in [0.3, 0.4) is 0 Å². The number of hydrogen-bond donors (Lipinski definition) is 0. The predicted octanol–water partition coefficient (Wildman–Crippen LogP) is 2.58. The Morgan fingerprint density at radius 3 is 2.36 bits per heavy atom. The summed E-state index contributed by atoms with van der Waals surface area (Å²) in [5, 5.41) is 0.228. The number of methoxy groups -OCH3 is 1. The van der Waals surface area contributed by atoms with Crippen molar-refractivity contribution in [2.24, 2.45) is 0 Å². The first-order valence-electron chi connectivity index (χ1n) is 3.65. The van der Waals surface area contributed by atoms with Crippen molar-refractivity contribution < 1.29 is 13.2 Å². The standard InChI is InChI=1S/C8H8Cl2O3S/c1-5-3-6(9)8(13-2)7(4-5)14(10,11)12/h3-4H,1-2H3. The summed E-state index contributed by atoms with van der Waals surface area (Å²) < 4.78 is 27.1. The Bertz CT molecular complexity index is 454. The topological polar surface area (TPSA) is 43.4 Å². The maximum Gasteiger partial charge on any atom is 0.265 e. The molecule has 0 fully saturated rings. The fraction of sp³-hybridized carbons (Fsp3) is 0.250. The molecule has 0 amide bonds. The Hall–Kier alpha value is -0.450. The molecule has 6 heteroatoms. The molecule has 14 heavy (non-hydrogen) atoms. The van der Waals surface area contributed by atoms with Gasteiger partial charge in [0.2, 0.25) is 0 Å². The van der Waals surface area contributed by atoms with Crippen molar-refractivity contribution in [1.29, 1.82) is 0 Å². The van der Waals surface area contributed by atoms with Crippen molar-refractivity contribution >= 4 is 31.3 Å². The van der Waals surface area contributed by atoms with E-state index in [1.165, 1.54) is 13.2 Å². The van der Waals surface area contributed by atoms with Gasteiger partial charge in [-0.05, 0) is 24.6 Å². The molecule has 0 aliphatic heterocycles. The molecule has 0 atom stereocenters. The highest BCUT2D eigenvalue weighted by atomic mass is 35.7. The van der Waals surface area contributed by atoms with Crippen molar-refractivity contribution in [3.63, 3.8) is 0 Å². The first kappa shape index (κ1) is 11.6.